The monoisotopic (exact) mass is 257 g/mol. The molecule has 14 heavy (non-hydrogen) atoms. The molecule has 2 aromatic heterocycles. The maximum atomic E-state index is 9.00. The van der Waals surface area contributed by atoms with Crippen molar-refractivity contribution >= 4 is 15.9 Å². The molecule has 0 aromatic carbocycles. The van der Waals surface area contributed by atoms with Crippen LogP contribution in [-0.4, -0.2) is 19.9 Å². The molecule has 0 aliphatic carbocycles. The van der Waals surface area contributed by atoms with Crippen LogP contribution in [0.1, 0.15) is 5.69 Å². The van der Waals surface area contributed by atoms with E-state index in [1.54, 1.807) is 10.9 Å². The van der Waals surface area contributed by atoms with E-state index in [9.17, 15) is 0 Å². The number of aliphatic hydroxyl groups is 1. The van der Waals surface area contributed by atoms with E-state index in [1.165, 1.54) is 6.39 Å². The molecular formula is C8H8BrN3O2. The smallest absolute Gasteiger partial charge is 0.181 e. The molecule has 0 amide bonds. The Morgan fingerprint density at radius 3 is 3.00 bits per heavy atom. The Morgan fingerprint density at radius 1 is 1.64 bits per heavy atom. The van der Waals surface area contributed by atoms with Gasteiger partial charge in [-0.25, -0.2) is 4.98 Å². The van der Waals surface area contributed by atoms with Gasteiger partial charge >= 0.3 is 0 Å². The fourth-order valence-electron chi connectivity index (χ4n) is 1.18. The molecule has 0 aliphatic rings. The third-order valence-electron chi connectivity index (χ3n) is 1.90. The summed E-state index contributed by atoms with van der Waals surface area (Å²) in [6, 6.07) is 0. The Bertz CT molecular complexity index is 449. The predicted molar refractivity (Wildman–Crippen MR) is 52.3 cm³/mol. The van der Waals surface area contributed by atoms with Crippen LogP contribution in [0, 0.1) is 0 Å². The van der Waals surface area contributed by atoms with Crippen LogP contribution in [0.2, 0.25) is 0 Å². The molecule has 0 saturated heterocycles. The number of oxazole rings is 1. The molecule has 5 nitrogen and oxygen atoms in total. The molecule has 0 spiro atoms. The topological polar surface area (TPSA) is 64.1 Å². The lowest BCUT2D eigenvalue weighted by molar-refractivity contribution is 0.277. The first-order valence-electron chi connectivity index (χ1n) is 3.95. The quantitative estimate of drug-likeness (QED) is 0.882. The van der Waals surface area contributed by atoms with E-state index in [4.69, 9.17) is 9.52 Å². The molecule has 0 unspecified atom stereocenters. The second-order valence-corrected chi connectivity index (χ2v) is 3.51. The highest BCUT2D eigenvalue weighted by molar-refractivity contribution is 9.10. The average Bonchev–Trinajstić information content (AvgIpc) is 2.75. The van der Waals surface area contributed by atoms with Gasteiger partial charge in [0.15, 0.2) is 12.2 Å². The molecule has 0 aliphatic heterocycles. The number of aliphatic hydroxyl groups excluding tert-OH is 1. The van der Waals surface area contributed by atoms with Gasteiger partial charge in [-0.2, -0.15) is 5.10 Å². The van der Waals surface area contributed by atoms with E-state index in [-0.39, 0.29) is 6.61 Å². The second kappa shape index (κ2) is 3.55. The van der Waals surface area contributed by atoms with Crippen molar-refractivity contribution < 1.29 is 9.52 Å². The van der Waals surface area contributed by atoms with Gasteiger partial charge in [0.2, 0.25) is 0 Å². The van der Waals surface area contributed by atoms with Gasteiger partial charge < -0.3 is 9.52 Å². The van der Waals surface area contributed by atoms with Gasteiger partial charge in [-0.15, -0.1) is 0 Å². The molecule has 0 bridgehead atoms. The molecule has 0 saturated carbocycles. The summed E-state index contributed by atoms with van der Waals surface area (Å²) in [4.78, 5) is 3.89. The standard InChI is InChI=1S/C8H8BrN3O2/c1-12-8(9)5(2-11-12)7-6(3-13)10-4-14-7/h2,4,13H,3H2,1H3. The molecule has 0 radical (unpaired) electrons. The summed E-state index contributed by atoms with van der Waals surface area (Å²) in [5, 5.41) is 13.0. The molecular weight excluding hydrogens is 250 g/mol. The van der Waals surface area contributed by atoms with Crippen molar-refractivity contribution in [1.29, 1.82) is 0 Å². The third kappa shape index (κ3) is 1.36. The van der Waals surface area contributed by atoms with Gasteiger partial charge in [0.05, 0.1) is 18.4 Å². The van der Waals surface area contributed by atoms with Gasteiger partial charge in [-0.1, -0.05) is 0 Å². The van der Waals surface area contributed by atoms with E-state index < -0.39 is 0 Å². The summed E-state index contributed by atoms with van der Waals surface area (Å²) in [5.74, 6) is 0.549. The zero-order valence-electron chi connectivity index (χ0n) is 7.44. The number of rotatable bonds is 2. The van der Waals surface area contributed by atoms with Gasteiger partial charge in [-0.05, 0) is 15.9 Å². The van der Waals surface area contributed by atoms with Crippen LogP contribution in [0.15, 0.2) is 21.6 Å². The van der Waals surface area contributed by atoms with Crippen LogP contribution in [0.3, 0.4) is 0 Å². The van der Waals surface area contributed by atoms with Crippen molar-refractivity contribution in [2.75, 3.05) is 0 Å². The summed E-state index contributed by atoms with van der Waals surface area (Å²) in [7, 11) is 1.81. The number of nitrogens with zero attached hydrogens (tertiary/aromatic N) is 3. The number of halogens is 1. The van der Waals surface area contributed by atoms with Gasteiger partial charge in [0, 0.05) is 7.05 Å². The zero-order valence-corrected chi connectivity index (χ0v) is 9.02. The Hall–Kier alpha value is -1.14. The lowest BCUT2D eigenvalue weighted by Crippen LogP contribution is -1.90. The SMILES string of the molecule is Cn1ncc(-c2ocnc2CO)c1Br. The van der Waals surface area contributed by atoms with Gasteiger partial charge in [0.1, 0.15) is 10.3 Å². The molecule has 6 heteroatoms. The fourth-order valence-corrected chi connectivity index (χ4v) is 1.55. The molecule has 0 fully saturated rings. The molecule has 74 valence electrons. The highest BCUT2D eigenvalue weighted by Gasteiger charge is 2.15. The van der Waals surface area contributed by atoms with Gasteiger partial charge in [-0.3, -0.25) is 4.68 Å². The number of aromatic nitrogens is 3. The Kier molecular flexibility index (Phi) is 2.39. The van der Waals surface area contributed by atoms with Crippen LogP contribution in [0.25, 0.3) is 11.3 Å². The van der Waals surface area contributed by atoms with Crippen LogP contribution in [0.4, 0.5) is 0 Å². The summed E-state index contributed by atoms with van der Waals surface area (Å²) >= 11 is 3.37. The molecule has 0 atom stereocenters. The zero-order chi connectivity index (χ0) is 10.1. The van der Waals surface area contributed by atoms with E-state index in [0.717, 1.165) is 10.2 Å². The number of hydrogen-bond acceptors (Lipinski definition) is 4. The Morgan fingerprint density at radius 2 is 2.43 bits per heavy atom. The number of hydrogen-bond donors (Lipinski definition) is 1. The van der Waals surface area contributed by atoms with E-state index in [1.807, 2.05) is 7.05 Å². The van der Waals surface area contributed by atoms with Crippen molar-refractivity contribution in [3.8, 4) is 11.3 Å². The third-order valence-corrected chi connectivity index (χ3v) is 2.84. The maximum absolute atomic E-state index is 9.00. The first-order chi connectivity index (χ1) is 6.74. The molecule has 1 N–H and O–H groups in total. The normalized spacial score (nSPS) is 10.8. The first-order valence-corrected chi connectivity index (χ1v) is 4.74. The van der Waals surface area contributed by atoms with Crippen LogP contribution >= 0.6 is 15.9 Å². The van der Waals surface area contributed by atoms with Gasteiger partial charge in [0.25, 0.3) is 0 Å². The first kappa shape index (κ1) is 9.42. The van der Waals surface area contributed by atoms with Crippen molar-refractivity contribution in [2.24, 2.45) is 7.05 Å². The van der Waals surface area contributed by atoms with Crippen LogP contribution < -0.4 is 0 Å². The lowest BCUT2D eigenvalue weighted by Gasteiger charge is -1.96. The molecule has 2 rings (SSSR count). The van der Waals surface area contributed by atoms with Crippen molar-refractivity contribution in [3.63, 3.8) is 0 Å². The summed E-state index contributed by atoms with van der Waals surface area (Å²) < 4.78 is 7.64. The van der Waals surface area contributed by atoms with E-state index in [2.05, 4.69) is 26.0 Å². The summed E-state index contributed by atoms with van der Waals surface area (Å²) in [6.07, 6.45) is 2.96. The molecule has 2 heterocycles. The van der Waals surface area contributed by atoms with Crippen molar-refractivity contribution in [2.45, 2.75) is 6.61 Å². The highest BCUT2D eigenvalue weighted by atomic mass is 79.9. The van der Waals surface area contributed by atoms with Crippen LogP contribution in [0.5, 0.6) is 0 Å². The Balaban J connectivity index is 2.54. The lowest BCUT2D eigenvalue weighted by atomic mass is 10.2. The molecule has 2 aromatic rings. The van der Waals surface area contributed by atoms with Crippen LogP contribution in [-0.2, 0) is 13.7 Å². The average molecular weight is 258 g/mol. The summed E-state index contributed by atoms with van der Waals surface area (Å²) in [5.41, 5.74) is 1.30. The maximum Gasteiger partial charge on any atom is 0.181 e. The van der Waals surface area contributed by atoms with E-state index in [0.29, 0.717) is 11.5 Å². The Labute approximate surface area is 88.5 Å². The largest absolute Gasteiger partial charge is 0.443 e. The minimum absolute atomic E-state index is 0.146. The fraction of sp³-hybridized carbons (Fsp3) is 0.250. The second-order valence-electron chi connectivity index (χ2n) is 2.76. The number of aryl methyl sites for hydroxylation is 1. The summed E-state index contributed by atoms with van der Waals surface area (Å²) in [6.45, 7) is -0.146. The van der Waals surface area contributed by atoms with E-state index >= 15 is 0 Å². The predicted octanol–water partition coefficient (Wildman–Crippen LogP) is 1.33. The van der Waals surface area contributed by atoms with Crippen molar-refractivity contribution in [3.05, 3.63) is 22.9 Å². The minimum Gasteiger partial charge on any atom is -0.443 e. The minimum atomic E-state index is -0.146. The highest BCUT2D eigenvalue weighted by Crippen LogP contribution is 2.29. The van der Waals surface area contributed by atoms with Crippen molar-refractivity contribution in [1.82, 2.24) is 14.8 Å².